The second kappa shape index (κ2) is 5.67. The van der Waals surface area contributed by atoms with E-state index in [9.17, 15) is 4.79 Å². The first kappa shape index (κ1) is 14.6. The molecule has 2 aromatic rings. The van der Waals surface area contributed by atoms with Crippen LogP contribution in [0.4, 0.5) is 5.69 Å². The summed E-state index contributed by atoms with van der Waals surface area (Å²) in [6.45, 7) is 6.50. The van der Waals surface area contributed by atoms with Gasteiger partial charge in [0.05, 0.1) is 0 Å². The quantitative estimate of drug-likeness (QED) is 0.941. The zero-order valence-corrected chi connectivity index (χ0v) is 12.6. The Labute approximate surface area is 123 Å². The molecule has 2 rings (SSSR count). The van der Waals surface area contributed by atoms with Crippen molar-refractivity contribution >= 4 is 23.2 Å². The molecule has 0 fully saturated rings. The number of imidazole rings is 1. The van der Waals surface area contributed by atoms with Gasteiger partial charge in [-0.05, 0) is 28.6 Å². The third-order valence-corrected chi connectivity index (χ3v) is 3.30. The Kier molecular flexibility index (Phi) is 4.14. The predicted molar refractivity (Wildman–Crippen MR) is 81.0 cm³/mol. The second-order valence-corrected chi connectivity index (χ2v) is 6.01. The number of hydrogen-bond acceptors (Lipinski definition) is 2. The molecule has 0 radical (unpaired) electrons. The molecule has 4 nitrogen and oxygen atoms in total. The Bertz CT molecular complexity index is 614. The van der Waals surface area contributed by atoms with E-state index in [2.05, 4.69) is 31.1 Å². The molecule has 1 aromatic carbocycles. The van der Waals surface area contributed by atoms with E-state index < -0.39 is 0 Å². The normalized spacial score (nSPS) is 11.4. The van der Waals surface area contributed by atoms with Crippen molar-refractivity contribution in [3.63, 3.8) is 0 Å². The van der Waals surface area contributed by atoms with Crippen LogP contribution in [0.3, 0.4) is 0 Å². The summed E-state index contributed by atoms with van der Waals surface area (Å²) < 4.78 is 1.59. The molecule has 1 N–H and O–H groups in total. The standard InChI is InChI=1S/C15H18ClN3O/c1-15(2,3)11-6-4-5-7-12(11)18-13(20)10-19-9-8-17-14(19)16/h4-9H,10H2,1-3H3,(H,18,20). The van der Waals surface area contributed by atoms with E-state index in [0.717, 1.165) is 11.3 Å². The van der Waals surface area contributed by atoms with Gasteiger partial charge in [-0.15, -0.1) is 0 Å². The lowest BCUT2D eigenvalue weighted by Crippen LogP contribution is -2.22. The van der Waals surface area contributed by atoms with Crippen molar-refractivity contribution in [2.45, 2.75) is 32.7 Å². The average Bonchev–Trinajstić information content (AvgIpc) is 2.74. The number of benzene rings is 1. The molecule has 0 unspecified atom stereocenters. The highest BCUT2D eigenvalue weighted by Crippen LogP contribution is 2.29. The monoisotopic (exact) mass is 291 g/mol. The van der Waals surface area contributed by atoms with Gasteiger partial charge in [-0.2, -0.15) is 0 Å². The maximum absolute atomic E-state index is 12.1. The number of nitrogens with zero attached hydrogens (tertiary/aromatic N) is 2. The van der Waals surface area contributed by atoms with E-state index in [4.69, 9.17) is 11.6 Å². The molecule has 106 valence electrons. The van der Waals surface area contributed by atoms with E-state index in [1.807, 2.05) is 24.3 Å². The highest BCUT2D eigenvalue weighted by molar-refractivity contribution is 6.28. The average molecular weight is 292 g/mol. The van der Waals surface area contributed by atoms with Gasteiger partial charge < -0.3 is 9.88 Å². The number of rotatable bonds is 3. The molecule has 0 saturated carbocycles. The van der Waals surface area contributed by atoms with Crippen LogP contribution in [0, 0.1) is 0 Å². The molecule has 1 amide bonds. The van der Waals surface area contributed by atoms with Gasteiger partial charge >= 0.3 is 0 Å². The minimum Gasteiger partial charge on any atom is -0.324 e. The first-order valence-electron chi connectivity index (χ1n) is 6.44. The molecule has 0 saturated heterocycles. The second-order valence-electron chi connectivity index (χ2n) is 5.67. The van der Waals surface area contributed by atoms with Crippen LogP contribution in [0.1, 0.15) is 26.3 Å². The lowest BCUT2D eigenvalue weighted by atomic mass is 9.86. The lowest BCUT2D eigenvalue weighted by molar-refractivity contribution is -0.116. The van der Waals surface area contributed by atoms with Gasteiger partial charge in [-0.1, -0.05) is 39.0 Å². The third-order valence-electron chi connectivity index (χ3n) is 2.99. The highest BCUT2D eigenvalue weighted by atomic mass is 35.5. The molecule has 0 bridgehead atoms. The fourth-order valence-electron chi connectivity index (χ4n) is 2.02. The molecule has 1 heterocycles. The smallest absolute Gasteiger partial charge is 0.244 e. The molecule has 1 aromatic heterocycles. The number of aromatic nitrogens is 2. The van der Waals surface area contributed by atoms with Gasteiger partial charge in [0, 0.05) is 18.1 Å². The zero-order valence-electron chi connectivity index (χ0n) is 11.9. The number of carbonyl (C=O) groups excluding carboxylic acids is 1. The van der Waals surface area contributed by atoms with Crippen LogP contribution < -0.4 is 5.32 Å². The number of anilines is 1. The maximum atomic E-state index is 12.1. The van der Waals surface area contributed by atoms with Crippen LogP contribution in [0.2, 0.25) is 5.28 Å². The predicted octanol–water partition coefficient (Wildman–Crippen LogP) is 3.47. The fourth-order valence-corrected chi connectivity index (χ4v) is 2.19. The largest absolute Gasteiger partial charge is 0.324 e. The number of halogens is 1. The van der Waals surface area contributed by atoms with Gasteiger partial charge in [-0.3, -0.25) is 4.79 Å². The number of carbonyl (C=O) groups is 1. The van der Waals surface area contributed by atoms with Gasteiger partial charge in [0.2, 0.25) is 11.2 Å². The van der Waals surface area contributed by atoms with Crippen molar-refractivity contribution in [1.29, 1.82) is 0 Å². The molecule has 20 heavy (non-hydrogen) atoms. The molecule has 0 atom stereocenters. The molecule has 0 aliphatic rings. The lowest BCUT2D eigenvalue weighted by Gasteiger charge is -2.23. The van der Waals surface area contributed by atoms with Gasteiger partial charge in [-0.25, -0.2) is 4.98 Å². The number of amides is 1. The Morgan fingerprint density at radius 2 is 2.05 bits per heavy atom. The topological polar surface area (TPSA) is 46.9 Å². The Morgan fingerprint density at radius 1 is 1.35 bits per heavy atom. The van der Waals surface area contributed by atoms with E-state index in [0.29, 0.717) is 5.28 Å². The molecular formula is C15H18ClN3O. The van der Waals surface area contributed by atoms with Crippen molar-refractivity contribution in [1.82, 2.24) is 9.55 Å². The van der Waals surface area contributed by atoms with Crippen LogP contribution in [-0.2, 0) is 16.8 Å². The maximum Gasteiger partial charge on any atom is 0.244 e. The van der Waals surface area contributed by atoms with Crippen molar-refractivity contribution in [3.05, 3.63) is 47.5 Å². The van der Waals surface area contributed by atoms with Gasteiger partial charge in [0.25, 0.3) is 0 Å². The summed E-state index contributed by atoms with van der Waals surface area (Å²) in [5.41, 5.74) is 1.91. The summed E-state index contributed by atoms with van der Waals surface area (Å²) in [4.78, 5) is 16.0. The Balaban J connectivity index is 2.15. The molecule has 0 aliphatic carbocycles. The van der Waals surface area contributed by atoms with E-state index in [1.54, 1.807) is 17.0 Å². The Hall–Kier alpha value is -1.81. The molecule has 0 spiro atoms. The van der Waals surface area contributed by atoms with Crippen LogP contribution >= 0.6 is 11.6 Å². The van der Waals surface area contributed by atoms with E-state index >= 15 is 0 Å². The Morgan fingerprint density at radius 3 is 2.65 bits per heavy atom. The highest BCUT2D eigenvalue weighted by Gasteiger charge is 2.18. The summed E-state index contributed by atoms with van der Waals surface area (Å²) in [6, 6.07) is 7.83. The minimum absolute atomic E-state index is 0.0312. The van der Waals surface area contributed by atoms with Crippen molar-refractivity contribution in [3.8, 4) is 0 Å². The number of hydrogen-bond donors (Lipinski definition) is 1. The minimum atomic E-state index is -0.124. The summed E-state index contributed by atoms with van der Waals surface area (Å²) in [6.07, 6.45) is 3.25. The summed E-state index contributed by atoms with van der Waals surface area (Å²) in [5, 5.41) is 3.25. The first-order valence-corrected chi connectivity index (χ1v) is 6.82. The molecule has 0 aliphatic heterocycles. The van der Waals surface area contributed by atoms with Crippen LogP contribution in [-0.4, -0.2) is 15.5 Å². The van der Waals surface area contributed by atoms with Gasteiger partial charge in [0.1, 0.15) is 6.54 Å². The van der Waals surface area contributed by atoms with Crippen molar-refractivity contribution in [2.75, 3.05) is 5.32 Å². The summed E-state index contributed by atoms with van der Waals surface area (Å²) in [5.74, 6) is -0.124. The zero-order chi connectivity index (χ0) is 14.8. The SMILES string of the molecule is CC(C)(C)c1ccccc1NC(=O)Cn1ccnc1Cl. The fraction of sp³-hybridized carbons (Fsp3) is 0.333. The number of nitrogens with one attached hydrogen (secondary N) is 1. The van der Waals surface area contributed by atoms with Gasteiger partial charge in [0.15, 0.2) is 0 Å². The van der Waals surface area contributed by atoms with E-state index in [1.165, 1.54) is 0 Å². The van der Waals surface area contributed by atoms with Crippen LogP contribution in [0.15, 0.2) is 36.7 Å². The summed E-state index contributed by atoms with van der Waals surface area (Å²) >= 11 is 5.86. The summed E-state index contributed by atoms with van der Waals surface area (Å²) in [7, 11) is 0. The third kappa shape index (κ3) is 3.39. The first-order chi connectivity index (χ1) is 9.38. The number of para-hydroxylation sites is 1. The molecule has 5 heteroatoms. The molecular weight excluding hydrogens is 274 g/mol. The van der Waals surface area contributed by atoms with E-state index in [-0.39, 0.29) is 17.9 Å². The van der Waals surface area contributed by atoms with Crippen molar-refractivity contribution in [2.24, 2.45) is 0 Å². The van der Waals surface area contributed by atoms with Crippen LogP contribution in [0.25, 0.3) is 0 Å². The van der Waals surface area contributed by atoms with Crippen molar-refractivity contribution < 1.29 is 4.79 Å². The van der Waals surface area contributed by atoms with Crippen LogP contribution in [0.5, 0.6) is 0 Å².